The van der Waals surface area contributed by atoms with E-state index in [-0.39, 0.29) is 0 Å². The minimum atomic E-state index is 0.447. The van der Waals surface area contributed by atoms with Gasteiger partial charge in [-0.1, -0.05) is 30.4 Å². The number of benzene rings is 1. The number of aromatic nitrogens is 1. The highest BCUT2D eigenvalue weighted by Crippen LogP contribution is 2.16. The summed E-state index contributed by atoms with van der Waals surface area (Å²) in [5, 5.41) is 0. The van der Waals surface area contributed by atoms with Crippen LogP contribution >= 0.6 is 23.6 Å². The summed E-state index contributed by atoms with van der Waals surface area (Å²) in [6.07, 6.45) is 0. The molecule has 3 nitrogen and oxygen atoms in total. The summed E-state index contributed by atoms with van der Waals surface area (Å²) in [7, 11) is 2.10. The van der Waals surface area contributed by atoms with Crippen LogP contribution < -0.4 is 5.73 Å². The second-order valence-electron chi connectivity index (χ2n) is 4.60. The van der Waals surface area contributed by atoms with Gasteiger partial charge in [-0.3, -0.25) is 4.90 Å². The van der Waals surface area contributed by atoms with Gasteiger partial charge in [0, 0.05) is 23.5 Å². The first-order chi connectivity index (χ1) is 9.06. The van der Waals surface area contributed by atoms with E-state index in [0.717, 1.165) is 24.3 Å². The van der Waals surface area contributed by atoms with E-state index >= 15 is 0 Å². The Kier molecular flexibility index (Phi) is 4.63. The summed E-state index contributed by atoms with van der Waals surface area (Å²) in [5.74, 6) is 0. The van der Waals surface area contributed by atoms with Crippen molar-refractivity contribution in [2.45, 2.75) is 20.0 Å². The molecule has 2 rings (SSSR count). The van der Waals surface area contributed by atoms with Crippen molar-refractivity contribution in [3.8, 4) is 0 Å². The Hall–Kier alpha value is -1.30. The van der Waals surface area contributed by atoms with Crippen LogP contribution in [0.25, 0.3) is 0 Å². The third-order valence-electron chi connectivity index (χ3n) is 2.92. The minimum Gasteiger partial charge on any atom is -0.389 e. The maximum atomic E-state index is 5.65. The summed E-state index contributed by atoms with van der Waals surface area (Å²) in [6.45, 7) is 3.83. The van der Waals surface area contributed by atoms with Gasteiger partial charge in [0.25, 0.3) is 0 Å². The lowest BCUT2D eigenvalue weighted by Crippen LogP contribution is -2.18. The van der Waals surface area contributed by atoms with E-state index in [4.69, 9.17) is 18.0 Å². The number of nitrogens with two attached hydrogens (primary N) is 1. The average Bonchev–Trinajstić information content (AvgIpc) is 2.75. The first-order valence-corrected chi connectivity index (χ1v) is 7.31. The number of hydrogen-bond acceptors (Lipinski definition) is 4. The molecular formula is C14H17N3S2. The average molecular weight is 291 g/mol. The first-order valence-electron chi connectivity index (χ1n) is 6.02. The Morgan fingerprint density at radius 2 is 2.21 bits per heavy atom. The van der Waals surface area contributed by atoms with Crippen molar-refractivity contribution in [3.05, 3.63) is 51.5 Å². The van der Waals surface area contributed by atoms with Crippen molar-refractivity contribution in [3.63, 3.8) is 0 Å². The summed E-state index contributed by atoms with van der Waals surface area (Å²) in [6, 6.07) is 8.09. The highest BCUT2D eigenvalue weighted by Gasteiger charge is 2.07. The monoisotopic (exact) mass is 291 g/mol. The van der Waals surface area contributed by atoms with Crippen molar-refractivity contribution in [2.75, 3.05) is 7.05 Å². The summed E-state index contributed by atoms with van der Waals surface area (Å²) < 4.78 is 0. The Labute approximate surface area is 123 Å². The third-order valence-corrected chi connectivity index (χ3v) is 4.08. The quantitative estimate of drug-likeness (QED) is 0.860. The molecule has 19 heavy (non-hydrogen) atoms. The molecule has 0 radical (unpaired) electrons. The van der Waals surface area contributed by atoms with Crippen LogP contribution in [0.1, 0.15) is 21.7 Å². The number of thiazole rings is 1. The van der Waals surface area contributed by atoms with Crippen LogP contribution in [0.4, 0.5) is 0 Å². The molecule has 0 aliphatic rings. The molecule has 0 aliphatic carbocycles. The molecule has 5 heteroatoms. The molecule has 0 fully saturated rings. The standard InChI is InChI=1S/C14H17N3S2/c1-10-13(19-9-16-10)8-17(2)7-11-4-3-5-12(6-11)14(15)18/h3-6,9H,7-8H2,1-2H3,(H2,15,18). The van der Waals surface area contributed by atoms with Gasteiger partial charge >= 0.3 is 0 Å². The second kappa shape index (κ2) is 6.23. The zero-order valence-corrected chi connectivity index (χ0v) is 12.7. The lowest BCUT2D eigenvalue weighted by Gasteiger charge is -2.16. The van der Waals surface area contributed by atoms with Gasteiger partial charge in [0.1, 0.15) is 4.99 Å². The van der Waals surface area contributed by atoms with Crippen molar-refractivity contribution in [2.24, 2.45) is 5.73 Å². The van der Waals surface area contributed by atoms with Crippen molar-refractivity contribution >= 4 is 28.5 Å². The van der Waals surface area contributed by atoms with E-state index in [1.165, 1.54) is 10.4 Å². The van der Waals surface area contributed by atoms with Crippen LogP contribution in [0.15, 0.2) is 29.8 Å². The molecule has 100 valence electrons. The van der Waals surface area contributed by atoms with Crippen LogP contribution in [0.2, 0.25) is 0 Å². The van der Waals surface area contributed by atoms with Crippen molar-refractivity contribution < 1.29 is 0 Å². The highest BCUT2D eigenvalue weighted by atomic mass is 32.1. The van der Waals surface area contributed by atoms with Gasteiger partial charge < -0.3 is 5.73 Å². The molecule has 2 N–H and O–H groups in total. The highest BCUT2D eigenvalue weighted by molar-refractivity contribution is 7.80. The molecule has 0 amide bonds. The van der Waals surface area contributed by atoms with Gasteiger partial charge in [-0.15, -0.1) is 11.3 Å². The number of aryl methyl sites for hydroxylation is 1. The molecule has 0 saturated carbocycles. The van der Waals surface area contributed by atoms with Gasteiger partial charge in [0.2, 0.25) is 0 Å². The fraction of sp³-hybridized carbons (Fsp3) is 0.286. The van der Waals surface area contributed by atoms with Gasteiger partial charge in [0.15, 0.2) is 0 Å². The summed E-state index contributed by atoms with van der Waals surface area (Å²) in [4.78, 5) is 8.30. The molecular weight excluding hydrogens is 274 g/mol. The molecule has 1 aromatic heterocycles. The number of nitrogens with zero attached hydrogens (tertiary/aromatic N) is 2. The third kappa shape index (κ3) is 3.83. The molecule has 0 spiro atoms. The fourth-order valence-electron chi connectivity index (χ4n) is 1.91. The Morgan fingerprint density at radius 3 is 2.84 bits per heavy atom. The molecule has 1 heterocycles. The summed E-state index contributed by atoms with van der Waals surface area (Å²) >= 11 is 6.71. The Morgan fingerprint density at radius 1 is 1.42 bits per heavy atom. The molecule has 0 saturated heterocycles. The molecule has 1 aromatic carbocycles. The van der Waals surface area contributed by atoms with Crippen LogP contribution in [0, 0.1) is 6.92 Å². The van der Waals surface area contributed by atoms with Crippen LogP contribution in [-0.4, -0.2) is 21.9 Å². The van der Waals surface area contributed by atoms with Crippen molar-refractivity contribution in [1.29, 1.82) is 0 Å². The minimum absolute atomic E-state index is 0.447. The van der Waals surface area contributed by atoms with Crippen LogP contribution in [0.5, 0.6) is 0 Å². The Bertz CT molecular complexity index is 578. The van der Waals surface area contributed by atoms with Gasteiger partial charge in [-0.25, -0.2) is 4.98 Å². The number of thiocarbonyl (C=S) groups is 1. The number of rotatable bonds is 5. The maximum absolute atomic E-state index is 5.65. The fourth-order valence-corrected chi connectivity index (χ4v) is 2.90. The normalized spacial score (nSPS) is 10.9. The lowest BCUT2D eigenvalue weighted by atomic mass is 10.1. The van der Waals surface area contributed by atoms with E-state index in [9.17, 15) is 0 Å². The molecule has 0 bridgehead atoms. The summed E-state index contributed by atoms with van der Waals surface area (Å²) in [5.41, 5.74) is 10.8. The van der Waals surface area contributed by atoms with Crippen LogP contribution in [-0.2, 0) is 13.1 Å². The predicted molar refractivity (Wildman–Crippen MR) is 84.4 cm³/mol. The zero-order valence-electron chi connectivity index (χ0n) is 11.1. The van der Waals surface area contributed by atoms with E-state index < -0.39 is 0 Å². The lowest BCUT2D eigenvalue weighted by molar-refractivity contribution is 0.321. The van der Waals surface area contributed by atoms with Crippen molar-refractivity contribution in [1.82, 2.24) is 9.88 Å². The zero-order chi connectivity index (χ0) is 13.8. The van der Waals surface area contributed by atoms with Gasteiger partial charge in [-0.05, 0) is 25.6 Å². The van der Waals surface area contributed by atoms with E-state index in [0.29, 0.717) is 4.99 Å². The van der Waals surface area contributed by atoms with E-state index in [1.54, 1.807) is 11.3 Å². The van der Waals surface area contributed by atoms with Gasteiger partial charge in [-0.2, -0.15) is 0 Å². The number of hydrogen-bond donors (Lipinski definition) is 1. The molecule has 0 unspecified atom stereocenters. The SMILES string of the molecule is Cc1ncsc1CN(C)Cc1cccc(C(N)=S)c1. The predicted octanol–water partition coefficient (Wildman–Crippen LogP) is 2.72. The Balaban J connectivity index is 2.02. The smallest absolute Gasteiger partial charge is 0.103 e. The molecule has 2 aromatic rings. The molecule has 0 aliphatic heterocycles. The van der Waals surface area contributed by atoms with E-state index in [1.807, 2.05) is 24.6 Å². The largest absolute Gasteiger partial charge is 0.389 e. The van der Waals surface area contributed by atoms with Crippen LogP contribution in [0.3, 0.4) is 0 Å². The maximum Gasteiger partial charge on any atom is 0.103 e. The first kappa shape index (κ1) is 14.1. The molecule has 0 atom stereocenters. The topological polar surface area (TPSA) is 42.2 Å². The second-order valence-corrected chi connectivity index (χ2v) is 5.98. The van der Waals surface area contributed by atoms with E-state index in [2.05, 4.69) is 29.1 Å². The van der Waals surface area contributed by atoms with Gasteiger partial charge in [0.05, 0.1) is 11.2 Å².